The second-order valence-electron chi connectivity index (χ2n) is 2.22. The Balaban J connectivity index is 3.18. The minimum Gasteiger partial charge on any atom is -0.307 e. The van der Waals surface area contributed by atoms with E-state index >= 15 is 0 Å². The van der Waals surface area contributed by atoms with Crippen LogP contribution in [0.25, 0.3) is 0 Å². The van der Waals surface area contributed by atoms with Crippen molar-refractivity contribution in [2.45, 2.75) is 9.67 Å². The summed E-state index contributed by atoms with van der Waals surface area (Å²) in [6.45, 7) is 0. The van der Waals surface area contributed by atoms with Gasteiger partial charge in [-0.05, 0) is 0 Å². The number of aromatic amines is 1. The Kier molecular flexibility index (Phi) is 3.46. The highest BCUT2D eigenvalue weighted by Gasteiger charge is 2.25. The van der Waals surface area contributed by atoms with E-state index in [1.54, 1.807) is 0 Å². The summed E-state index contributed by atoms with van der Waals surface area (Å²) in [5.41, 5.74) is -0.0639. The number of nitrogens with zero attached hydrogens (tertiary/aromatic N) is 1. The molecule has 0 saturated carbocycles. The van der Waals surface area contributed by atoms with Gasteiger partial charge in [0.2, 0.25) is 3.79 Å². The van der Waals surface area contributed by atoms with Crippen LogP contribution >= 0.6 is 46.4 Å². The highest BCUT2D eigenvalue weighted by atomic mass is 35.6. The first kappa shape index (κ1) is 11.1. The predicted molar refractivity (Wildman–Crippen MR) is 53.7 cm³/mol. The molecule has 1 N–H and O–H groups in total. The summed E-state index contributed by atoms with van der Waals surface area (Å²) in [5.74, 6) is 0.0546. The number of alkyl halides is 4. The van der Waals surface area contributed by atoms with Crippen LogP contribution in [0.2, 0.25) is 0 Å². The molecule has 0 amide bonds. The summed E-state index contributed by atoms with van der Waals surface area (Å²) < 4.78 is -1.72. The topological polar surface area (TPSA) is 45.8 Å². The molecule has 3 nitrogen and oxygen atoms in total. The minimum atomic E-state index is -1.72. The lowest BCUT2D eigenvalue weighted by Gasteiger charge is -2.08. The van der Waals surface area contributed by atoms with Gasteiger partial charge in [0.1, 0.15) is 0 Å². The van der Waals surface area contributed by atoms with Crippen LogP contribution < -0.4 is 5.56 Å². The van der Waals surface area contributed by atoms with Gasteiger partial charge in [0, 0.05) is 6.20 Å². The highest BCUT2D eigenvalue weighted by molar-refractivity contribution is 6.66. The van der Waals surface area contributed by atoms with Gasteiger partial charge in [-0.2, -0.15) is 0 Å². The van der Waals surface area contributed by atoms with Gasteiger partial charge >= 0.3 is 0 Å². The van der Waals surface area contributed by atoms with Crippen LogP contribution in [0.4, 0.5) is 0 Å². The predicted octanol–water partition coefficient (Wildman–Crippen LogP) is 2.34. The summed E-state index contributed by atoms with van der Waals surface area (Å²) in [4.78, 5) is 17.2. The average Bonchev–Trinajstić information content (AvgIpc) is 2.02. The molecule has 1 aromatic heterocycles. The smallest absolute Gasteiger partial charge is 0.255 e. The molecule has 1 heterocycles. The summed E-state index contributed by atoms with van der Waals surface area (Å²) >= 11 is 21.9. The maximum absolute atomic E-state index is 11.2. The maximum Gasteiger partial charge on any atom is 0.255 e. The fraction of sp³-hybridized carbons (Fsp3) is 0.333. The molecule has 0 aromatic carbocycles. The van der Waals surface area contributed by atoms with Crippen molar-refractivity contribution in [2.75, 3.05) is 0 Å². The van der Waals surface area contributed by atoms with Crippen LogP contribution in [0, 0.1) is 0 Å². The summed E-state index contributed by atoms with van der Waals surface area (Å²) in [6, 6.07) is 0. The number of aromatic nitrogens is 2. The Morgan fingerprint density at radius 3 is 2.46 bits per heavy atom. The molecule has 72 valence electrons. The van der Waals surface area contributed by atoms with Gasteiger partial charge in [-0.3, -0.25) is 4.79 Å². The van der Waals surface area contributed by atoms with Crippen LogP contribution in [0.1, 0.15) is 11.4 Å². The van der Waals surface area contributed by atoms with E-state index in [0.29, 0.717) is 5.56 Å². The van der Waals surface area contributed by atoms with E-state index in [4.69, 9.17) is 46.4 Å². The van der Waals surface area contributed by atoms with Crippen LogP contribution in [-0.4, -0.2) is 9.97 Å². The van der Waals surface area contributed by atoms with E-state index in [0.717, 1.165) is 0 Å². The third kappa shape index (κ3) is 2.74. The van der Waals surface area contributed by atoms with E-state index in [9.17, 15) is 4.79 Å². The van der Waals surface area contributed by atoms with Gasteiger partial charge in [0.15, 0.2) is 5.82 Å². The highest BCUT2D eigenvalue weighted by Crippen LogP contribution is 2.34. The van der Waals surface area contributed by atoms with Crippen LogP contribution in [0.3, 0.4) is 0 Å². The standard InChI is InChI=1S/C6H4Cl4N2O/c7-1-3-2-11-5(6(8,9)10)12-4(3)13/h2H,1H2,(H,11,12,13). The van der Waals surface area contributed by atoms with Crippen molar-refractivity contribution in [3.8, 4) is 0 Å². The third-order valence-electron chi connectivity index (χ3n) is 1.29. The summed E-state index contributed by atoms with van der Waals surface area (Å²) in [7, 11) is 0. The lowest BCUT2D eigenvalue weighted by atomic mass is 10.4. The van der Waals surface area contributed by atoms with E-state index < -0.39 is 9.35 Å². The van der Waals surface area contributed by atoms with Crippen LogP contribution in [-0.2, 0) is 9.67 Å². The zero-order valence-electron chi connectivity index (χ0n) is 6.15. The van der Waals surface area contributed by atoms with Gasteiger partial charge in [0.25, 0.3) is 5.56 Å². The SMILES string of the molecule is O=c1[nH]c(C(Cl)(Cl)Cl)ncc1CCl. The molecular weight excluding hydrogens is 258 g/mol. The Labute approximate surface area is 94.0 Å². The molecule has 0 radical (unpaired) electrons. The zero-order chi connectivity index (χ0) is 10.1. The maximum atomic E-state index is 11.2. The second kappa shape index (κ2) is 4.05. The largest absolute Gasteiger partial charge is 0.307 e. The van der Waals surface area contributed by atoms with E-state index in [1.807, 2.05) is 0 Å². The van der Waals surface area contributed by atoms with Crippen molar-refractivity contribution in [2.24, 2.45) is 0 Å². The molecule has 0 atom stereocenters. The Morgan fingerprint density at radius 2 is 2.08 bits per heavy atom. The average molecular weight is 262 g/mol. The molecule has 0 aliphatic carbocycles. The van der Waals surface area contributed by atoms with Gasteiger partial charge in [0.05, 0.1) is 11.4 Å². The Morgan fingerprint density at radius 1 is 1.46 bits per heavy atom. The summed E-state index contributed by atoms with van der Waals surface area (Å²) in [6.07, 6.45) is 1.28. The molecule has 1 rings (SSSR count). The molecule has 0 aliphatic heterocycles. The van der Waals surface area contributed by atoms with Gasteiger partial charge < -0.3 is 4.98 Å². The van der Waals surface area contributed by atoms with E-state index in [2.05, 4.69) is 9.97 Å². The van der Waals surface area contributed by atoms with Crippen molar-refractivity contribution >= 4 is 46.4 Å². The van der Waals surface area contributed by atoms with Crippen LogP contribution in [0.5, 0.6) is 0 Å². The molecule has 0 unspecified atom stereocenters. The zero-order valence-corrected chi connectivity index (χ0v) is 9.18. The number of halogens is 4. The first-order valence-corrected chi connectivity index (χ1v) is 4.83. The van der Waals surface area contributed by atoms with Gasteiger partial charge in [-0.15, -0.1) is 11.6 Å². The molecule has 0 saturated heterocycles. The summed E-state index contributed by atoms with van der Waals surface area (Å²) in [5, 5.41) is 0. The molecule has 7 heteroatoms. The monoisotopic (exact) mass is 260 g/mol. The van der Waals surface area contributed by atoms with Crippen molar-refractivity contribution in [3.05, 3.63) is 27.9 Å². The van der Waals surface area contributed by atoms with Crippen molar-refractivity contribution in [1.82, 2.24) is 9.97 Å². The molecule has 0 aliphatic rings. The van der Waals surface area contributed by atoms with E-state index in [-0.39, 0.29) is 11.7 Å². The first-order chi connectivity index (χ1) is 5.95. The number of hydrogen-bond donors (Lipinski definition) is 1. The van der Waals surface area contributed by atoms with Crippen molar-refractivity contribution in [1.29, 1.82) is 0 Å². The molecule has 0 bridgehead atoms. The van der Waals surface area contributed by atoms with Gasteiger partial charge in [-0.25, -0.2) is 4.98 Å². The molecule has 0 fully saturated rings. The van der Waals surface area contributed by atoms with Crippen molar-refractivity contribution < 1.29 is 0 Å². The minimum absolute atomic E-state index is 0.0173. The second-order valence-corrected chi connectivity index (χ2v) is 4.77. The Bertz CT molecular complexity index is 356. The molecular formula is C6H4Cl4N2O. The fourth-order valence-corrected chi connectivity index (χ4v) is 1.14. The molecule has 0 spiro atoms. The quantitative estimate of drug-likeness (QED) is 0.789. The van der Waals surface area contributed by atoms with E-state index in [1.165, 1.54) is 6.20 Å². The number of H-pyrrole nitrogens is 1. The molecule has 13 heavy (non-hydrogen) atoms. The van der Waals surface area contributed by atoms with Crippen molar-refractivity contribution in [3.63, 3.8) is 0 Å². The normalized spacial score (nSPS) is 11.7. The van der Waals surface area contributed by atoms with Crippen LogP contribution in [0.15, 0.2) is 11.0 Å². The number of rotatable bonds is 1. The third-order valence-corrected chi connectivity index (χ3v) is 2.11. The Hall–Kier alpha value is 0.0400. The number of hydrogen-bond acceptors (Lipinski definition) is 2. The lowest BCUT2D eigenvalue weighted by Crippen LogP contribution is -2.19. The lowest BCUT2D eigenvalue weighted by molar-refractivity contribution is 0.925. The first-order valence-electron chi connectivity index (χ1n) is 3.16. The molecule has 1 aromatic rings. The fourth-order valence-electron chi connectivity index (χ4n) is 0.660. The van der Waals surface area contributed by atoms with Gasteiger partial charge in [-0.1, -0.05) is 34.8 Å². The number of nitrogens with one attached hydrogen (secondary N) is 1.